The minimum absolute atomic E-state index is 0.136. The van der Waals surface area contributed by atoms with E-state index in [-0.39, 0.29) is 12.0 Å². The number of carbonyl (C=O) groups excluding carboxylic acids is 1. The van der Waals surface area contributed by atoms with E-state index in [1.54, 1.807) is 6.07 Å². The molecule has 0 aromatic heterocycles. The van der Waals surface area contributed by atoms with E-state index >= 15 is 0 Å². The number of hydrogen-bond acceptors (Lipinski definition) is 2. The molecule has 94 valence electrons. The second-order valence-corrected chi connectivity index (χ2v) is 4.66. The largest absolute Gasteiger partial charge is 0.377 e. The molecule has 0 unspecified atom stereocenters. The highest BCUT2D eigenvalue weighted by Crippen LogP contribution is 2.16. The molecule has 0 radical (unpaired) electrons. The molecule has 0 aliphatic heterocycles. The normalized spacial score (nSPS) is 10.6. The van der Waals surface area contributed by atoms with Crippen LogP contribution in [-0.4, -0.2) is 25.2 Å². The molecule has 1 rings (SSSR count). The number of ether oxygens (including phenoxy) is 1. The molecule has 0 atom stereocenters. The second kappa shape index (κ2) is 6.71. The number of halogens is 2. The Morgan fingerprint density at radius 3 is 2.82 bits per heavy atom. The first-order valence-corrected chi connectivity index (χ1v) is 6.15. The Labute approximate surface area is 108 Å². The van der Waals surface area contributed by atoms with Gasteiger partial charge in [0, 0.05) is 12.1 Å². The SMILES string of the molecule is CC(C)OCCNC(=O)c1ccc(Br)c(F)c1. The van der Waals surface area contributed by atoms with Crippen molar-refractivity contribution >= 4 is 21.8 Å². The van der Waals surface area contributed by atoms with Gasteiger partial charge in [-0.3, -0.25) is 4.79 Å². The summed E-state index contributed by atoms with van der Waals surface area (Å²) in [5.41, 5.74) is 0.301. The van der Waals surface area contributed by atoms with Crippen molar-refractivity contribution in [1.82, 2.24) is 5.32 Å². The van der Waals surface area contributed by atoms with Crippen molar-refractivity contribution < 1.29 is 13.9 Å². The van der Waals surface area contributed by atoms with E-state index in [1.165, 1.54) is 12.1 Å². The highest BCUT2D eigenvalue weighted by molar-refractivity contribution is 9.10. The van der Waals surface area contributed by atoms with Crippen LogP contribution in [0.4, 0.5) is 4.39 Å². The summed E-state index contributed by atoms with van der Waals surface area (Å²) >= 11 is 3.03. The van der Waals surface area contributed by atoms with Gasteiger partial charge in [0.15, 0.2) is 0 Å². The van der Waals surface area contributed by atoms with Crippen molar-refractivity contribution in [3.63, 3.8) is 0 Å². The maximum absolute atomic E-state index is 13.2. The Bertz CT molecular complexity index is 396. The van der Waals surface area contributed by atoms with Gasteiger partial charge in [0.2, 0.25) is 0 Å². The Morgan fingerprint density at radius 1 is 1.53 bits per heavy atom. The number of nitrogens with one attached hydrogen (secondary N) is 1. The lowest BCUT2D eigenvalue weighted by atomic mass is 10.2. The molecule has 0 saturated heterocycles. The first-order chi connectivity index (χ1) is 8.00. The molecule has 0 aliphatic carbocycles. The highest BCUT2D eigenvalue weighted by atomic mass is 79.9. The molecule has 5 heteroatoms. The second-order valence-electron chi connectivity index (χ2n) is 3.80. The fraction of sp³-hybridized carbons (Fsp3) is 0.417. The summed E-state index contributed by atoms with van der Waals surface area (Å²) in [6, 6.07) is 4.27. The van der Waals surface area contributed by atoms with Gasteiger partial charge in [0.25, 0.3) is 5.91 Å². The van der Waals surface area contributed by atoms with E-state index in [0.717, 1.165) is 0 Å². The van der Waals surface area contributed by atoms with Crippen LogP contribution >= 0.6 is 15.9 Å². The van der Waals surface area contributed by atoms with Crippen LogP contribution in [0.3, 0.4) is 0 Å². The fourth-order valence-electron chi connectivity index (χ4n) is 1.20. The highest BCUT2D eigenvalue weighted by Gasteiger charge is 2.07. The molecule has 0 bridgehead atoms. The molecule has 1 aromatic rings. The molecular weight excluding hydrogens is 289 g/mol. The molecule has 17 heavy (non-hydrogen) atoms. The van der Waals surface area contributed by atoms with Crippen molar-refractivity contribution in [2.45, 2.75) is 20.0 Å². The molecule has 1 aromatic carbocycles. The lowest BCUT2D eigenvalue weighted by molar-refractivity contribution is 0.0746. The number of benzene rings is 1. The Hall–Kier alpha value is -0.940. The van der Waals surface area contributed by atoms with Crippen LogP contribution in [-0.2, 0) is 4.74 Å². The standard InChI is InChI=1S/C12H15BrFNO2/c1-8(2)17-6-5-15-12(16)9-3-4-10(13)11(14)7-9/h3-4,7-8H,5-6H2,1-2H3,(H,15,16). The summed E-state index contributed by atoms with van der Waals surface area (Å²) < 4.78 is 18.8. The van der Waals surface area contributed by atoms with Gasteiger partial charge in [-0.05, 0) is 48.0 Å². The molecule has 1 amide bonds. The van der Waals surface area contributed by atoms with Crippen molar-refractivity contribution in [1.29, 1.82) is 0 Å². The maximum Gasteiger partial charge on any atom is 0.251 e. The van der Waals surface area contributed by atoms with E-state index in [9.17, 15) is 9.18 Å². The summed E-state index contributed by atoms with van der Waals surface area (Å²) in [6.45, 7) is 4.70. The van der Waals surface area contributed by atoms with Crippen LogP contribution in [0.5, 0.6) is 0 Å². The van der Waals surface area contributed by atoms with Crippen LogP contribution in [0.15, 0.2) is 22.7 Å². The summed E-state index contributed by atoms with van der Waals surface area (Å²) in [5, 5.41) is 2.66. The van der Waals surface area contributed by atoms with Crippen molar-refractivity contribution in [3.8, 4) is 0 Å². The molecule has 0 saturated carbocycles. The lowest BCUT2D eigenvalue weighted by Crippen LogP contribution is -2.28. The number of amides is 1. The van der Waals surface area contributed by atoms with E-state index in [1.807, 2.05) is 13.8 Å². The van der Waals surface area contributed by atoms with Gasteiger partial charge in [-0.25, -0.2) is 4.39 Å². The van der Waals surface area contributed by atoms with Gasteiger partial charge in [0.05, 0.1) is 17.2 Å². The van der Waals surface area contributed by atoms with Gasteiger partial charge in [0.1, 0.15) is 5.82 Å². The van der Waals surface area contributed by atoms with Gasteiger partial charge < -0.3 is 10.1 Å². The third-order valence-electron chi connectivity index (χ3n) is 2.02. The van der Waals surface area contributed by atoms with Gasteiger partial charge in [-0.1, -0.05) is 0 Å². The van der Waals surface area contributed by atoms with Crippen LogP contribution in [0.25, 0.3) is 0 Å². The fourth-order valence-corrected chi connectivity index (χ4v) is 1.45. The zero-order chi connectivity index (χ0) is 12.8. The summed E-state index contributed by atoms with van der Waals surface area (Å²) in [4.78, 5) is 11.6. The van der Waals surface area contributed by atoms with Crippen LogP contribution in [0, 0.1) is 5.82 Å². The van der Waals surface area contributed by atoms with Gasteiger partial charge in [-0.2, -0.15) is 0 Å². The van der Waals surface area contributed by atoms with E-state index in [4.69, 9.17) is 4.74 Å². The minimum atomic E-state index is -0.448. The van der Waals surface area contributed by atoms with Crippen LogP contribution in [0.1, 0.15) is 24.2 Å². The van der Waals surface area contributed by atoms with Crippen molar-refractivity contribution in [2.24, 2.45) is 0 Å². The molecular formula is C12H15BrFNO2. The van der Waals surface area contributed by atoms with Crippen LogP contribution in [0.2, 0.25) is 0 Å². The smallest absolute Gasteiger partial charge is 0.251 e. The molecule has 0 aliphatic rings. The summed E-state index contributed by atoms with van der Waals surface area (Å²) in [6.07, 6.45) is 0.136. The molecule has 0 heterocycles. The average molecular weight is 304 g/mol. The van der Waals surface area contributed by atoms with E-state index in [2.05, 4.69) is 21.2 Å². The Kier molecular flexibility index (Phi) is 5.58. The van der Waals surface area contributed by atoms with Gasteiger partial charge in [-0.15, -0.1) is 0 Å². The molecule has 3 nitrogen and oxygen atoms in total. The average Bonchev–Trinajstić information content (AvgIpc) is 2.27. The zero-order valence-corrected chi connectivity index (χ0v) is 11.4. The predicted octanol–water partition coefficient (Wildman–Crippen LogP) is 2.74. The maximum atomic E-state index is 13.2. The Morgan fingerprint density at radius 2 is 2.24 bits per heavy atom. The first-order valence-electron chi connectivity index (χ1n) is 5.35. The topological polar surface area (TPSA) is 38.3 Å². The first kappa shape index (κ1) is 14.1. The molecule has 1 N–H and O–H groups in total. The zero-order valence-electron chi connectivity index (χ0n) is 9.80. The third kappa shape index (κ3) is 4.83. The number of carbonyl (C=O) groups is 1. The van der Waals surface area contributed by atoms with Gasteiger partial charge >= 0.3 is 0 Å². The summed E-state index contributed by atoms with van der Waals surface area (Å²) in [5.74, 6) is -0.750. The quantitative estimate of drug-likeness (QED) is 0.850. The number of hydrogen-bond donors (Lipinski definition) is 1. The minimum Gasteiger partial charge on any atom is -0.377 e. The van der Waals surface area contributed by atoms with E-state index < -0.39 is 5.82 Å². The van der Waals surface area contributed by atoms with Crippen molar-refractivity contribution in [3.05, 3.63) is 34.1 Å². The summed E-state index contributed by atoms with van der Waals surface area (Å²) in [7, 11) is 0. The predicted molar refractivity (Wildman–Crippen MR) is 67.5 cm³/mol. The van der Waals surface area contributed by atoms with Crippen LogP contribution < -0.4 is 5.32 Å². The third-order valence-corrected chi connectivity index (χ3v) is 2.66. The van der Waals surface area contributed by atoms with E-state index in [0.29, 0.717) is 23.2 Å². The molecule has 0 fully saturated rings. The Balaban J connectivity index is 2.44. The monoisotopic (exact) mass is 303 g/mol. The molecule has 0 spiro atoms. The van der Waals surface area contributed by atoms with Crippen molar-refractivity contribution in [2.75, 3.05) is 13.2 Å². The number of rotatable bonds is 5. The lowest BCUT2D eigenvalue weighted by Gasteiger charge is -2.08.